The molecule has 170 valence electrons. The van der Waals surface area contributed by atoms with Gasteiger partial charge in [-0.2, -0.15) is 0 Å². The molecule has 0 spiro atoms. The number of guanidine groups is 1. The van der Waals surface area contributed by atoms with Gasteiger partial charge < -0.3 is 32.1 Å². The number of nitrogens with one attached hydrogen (secondary N) is 2. The van der Waals surface area contributed by atoms with Crippen LogP contribution < -0.4 is 22.1 Å². The first-order chi connectivity index (χ1) is 14.2. The van der Waals surface area contributed by atoms with Gasteiger partial charge in [0, 0.05) is 13.0 Å². The molecule has 0 unspecified atom stereocenters. The van der Waals surface area contributed by atoms with Crippen molar-refractivity contribution in [3.05, 3.63) is 0 Å². The number of rotatable bonds is 11. The third kappa shape index (κ3) is 7.01. The summed E-state index contributed by atoms with van der Waals surface area (Å²) in [6, 6.07) is -1.62. The van der Waals surface area contributed by atoms with E-state index in [1.165, 1.54) is 6.92 Å². The molecule has 0 radical (unpaired) electrons. The molecule has 5 atom stereocenters. The molecule has 11 nitrogen and oxygen atoms in total. The molecule has 0 saturated carbocycles. The molecular formula is C19H35N6O5+. The number of nitrogens with two attached hydrogens (primary N) is 2. The first-order valence-electron chi connectivity index (χ1n) is 10.5. The maximum Gasteiger partial charge on any atom is 0.320 e. The number of nitrogens with zero attached hydrogens (tertiary/aromatic N) is 2. The van der Waals surface area contributed by atoms with Crippen LogP contribution in [0, 0.1) is 0 Å². The summed E-state index contributed by atoms with van der Waals surface area (Å²) in [5, 5.41) is 35.7. The molecule has 30 heavy (non-hydrogen) atoms. The SMILES string of the molecule is CC(=O)[C@@H](N)CCCNC1=N[C@@H]2C[C@H](O)[C@H](O)C[N+](CCCC[C@H](N)C(=O)O)=C2N1. The highest BCUT2D eigenvalue weighted by atomic mass is 16.4. The second-order valence-electron chi connectivity index (χ2n) is 8.05. The third-order valence-corrected chi connectivity index (χ3v) is 5.52. The van der Waals surface area contributed by atoms with Crippen LogP contribution in [-0.2, 0) is 9.59 Å². The van der Waals surface area contributed by atoms with Crippen molar-refractivity contribution in [2.24, 2.45) is 16.5 Å². The van der Waals surface area contributed by atoms with Crippen molar-refractivity contribution in [3.63, 3.8) is 0 Å². The Morgan fingerprint density at radius 2 is 1.90 bits per heavy atom. The van der Waals surface area contributed by atoms with Crippen molar-refractivity contribution < 1.29 is 29.5 Å². The summed E-state index contributed by atoms with van der Waals surface area (Å²) in [4.78, 5) is 26.6. The molecule has 9 N–H and O–H groups in total. The fraction of sp³-hybridized carbons (Fsp3) is 0.789. The van der Waals surface area contributed by atoms with E-state index in [2.05, 4.69) is 15.6 Å². The number of carboxylic acid groups (broad SMARTS) is 1. The zero-order valence-corrected chi connectivity index (χ0v) is 17.5. The van der Waals surface area contributed by atoms with Crippen LogP contribution in [0.5, 0.6) is 0 Å². The quantitative estimate of drug-likeness (QED) is 0.141. The molecule has 2 rings (SSSR count). The molecule has 2 aliphatic heterocycles. The minimum Gasteiger partial charge on any atom is -0.480 e. The first kappa shape index (κ1) is 24.2. The van der Waals surface area contributed by atoms with Crippen LogP contribution in [0.2, 0.25) is 0 Å². The summed E-state index contributed by atoms with van der Waals surface area (Å²) >= 11 is 0. The average Bonchev–Trinajstić information content (AvgIpc) is 3.04. The maximum atomic E-state index is 11.2. The number of fused-ring (bicyclic) bond motifs is 1. The van der Waals surface area contributed by atoms with Crippen molar-refractivity contribution in [1.29, 1.82) is 0 Å². The number of unbranched alkanes of at least 4 members (excludes halogenated alkanes) is 1. The largest absolute Gasteiger partial charge is 0.480 e. The van der Waals surface area contributed by atoms with Gasteiger partial charge >= 0.3 is 5.97 Å². The maximum absolute atomic E-state index is 11.2. The van der Waals surface area contributed by atoms with Crippen LogP contribution in [0.3, 0.4) is 0 Å². The number of carbonyl (C=O) groups is 2. The minimum absolute atomic E-state index is 0.0309. The molecule has 0 aromatic heterocycles. The van der Waals surface area contributed by atoms with Gasteiger partial charge in [-0.25, -0.2) is 10.3 Å². The predicted octanol–water partition coefficient (Wildman–Crippen LogP) is -2.28. The van der Waals surface area contributed by atoms with E-state index in [1.807, 2.05) is 4.58 Å². The van der Waals surface area contributed by atoms with Gasteiger partial charge in [-0.15, -0.1) is 0 Å². The Labute approximate surface area is 176 Å². The molecule has 0 aromatic rings. The number of amidine groups is 1. The molecule has 0 bridgehead atoms. The number of carbonyl (C=O) groups excluding carboxylic acids is 1. The Balaban J connectivity index is 1.91. The fourth-order valence-corrected chi connectivity index (χ4v) is 3.56. The number of aliphatic imine (C=N–C) groups is 1. The van der Waals surface area contributed by atoms with Crippen LogP contribution in [0.25, 0.3) is 0 Å². The lowest BCUT2D eigenvalue weighted by Crippen LogP contribution is -2.43. The lowest BCUT2D eigenvalue weighted by Gasteiger charge is -2.15. The van der Waals surface area contributed by atoms with Gasteiger partial charge in [-0.3, -0.25) is 14.2 Å². The number of aliphatic hydroxyl groups excluding tert-OH is 2. The molecule has 0 amide bonds. The summed E-state index contributed by atoms with van der Waals surface area (Å²) in [5.74, 6) is 0.365. The van der Waals surface area contributed by atoms with Gasteiger partial charge in [-0.05, 0) is 39.0 Å². The van der Waals surface area contributed by atoms with Crippen molar-refractivity contribution >= 4 is 23.5 Å². The Bertz CT molecular complexity index is 682. The average molecular weight is 428 g/mol. The van der Waals surface area contributed by atoms with E-state index in [-0.39, 0.29) is 18.4 Å². The summed E-state index contributed by atoms with van der Waals surface area (Å²) < 4.78 is 1.96. The van der Waals surface area contributed by atoms with E-state index in [0.717, 1.165) is 12.3 Å². The topological polar surface area (TPSA) is 186 Å². The van der Waals surface area contributed by atoms with Crippen LogP contribution in [-0.4, -0.2) is 93.4 Å². The number of carboxylic acids is 1. The van der Waals surface area contributed by atoms with E-state index < -0.39 is 30.3 Å². The fourth-order valence-electron chi connectivity index (χ4n) is 3.56. The van der Waals surface area contributed by atoms with Crippen molar-refractivity contribution in [3.8, 4) is 0 Å². The molecule has 2 aliphatic rings. The number of Topliss-reactive ketones (excluding diaryl/α,β-unsaturated/α-hetero) is 1. The van der Waals surface area contributed by atoms with E-state index in [1.54, 1.807) is 0 Å². The van der Waals surface area contributed by atoms with Crippen molar-refractivity contribution in [2.75, 3.05) is 19.6 Å². The Morgan fingerprint density at radius 1 is 1.20 bits per heavy atom. The smallest absolute Gasteiger partial charge is 0.320 e. The number of aliphatic carboxylic acids is 1. The lowest BCUT2D eigenvalue weighted by molar-refractivity contribution is -0.539. The number of hydrogen-bond acceptors (Lipinski definition) is 9. The normalized spacial score (nSPS) is 25.6. The number of aliphatic hydroxyl groups is 2. The highest BCUT2D eigenvalue weighted by Crippen LogP contribution is 2.16. The molecule has 2 heterocycles. The zero-order chi connectivity index (χ0) is 22.3. The molecule has 0 saturated heterocycles. The highest BCUT2D eigenvalue weighted by molar-refractivity contribution is 6.05. The van der Waals surface area contributed by atoms with Gasteiger partial charge in [0.15, 0.2) is 6.04 Å². The standard InChI is InChI=1S/C19H34N6O5/c1-11(26)12(20)6-4-7-22-19-23-14-9-15(27)16(28)10-25(17(14)24-19)8-3-2-5-13(21)18(29)30/h12-16,27-28H,2-10,20-21H2,1H3,(H2,22,23,29,30)/p+1/t12-,13-,14+,15-,16+/m0/s1. The van der Waals surface area contributed by atoms with Crippen molar-refractivity contribution in [2.45, 2.75) is 75.8 Å². The van der Waals surface area contributed by atoms with E-state index >= 15 is 0 Å². The third-order valence-electron chi connectivity index (χ3n) is 5.52. The van der Waals surface area contributed by atoms with Crippen LogP contribution in [0.15, 0.2) is 4.99 Å². The van der Waals surface area contributed by atoms with Crippen LogP contribution in [0.4, 0.5) is 0 Å². The minimum atomic E-state index is -1.01. The van der Waals surface area contributed by atoms with Crippen molar-refractivity contribution in [1.82, 2.24) is 10.6 Å². The Kier molecular flexibility index (Phi) is 9.15. The van der Waals surface area contributed by atoms with E-state index in [0.29, 0.717) is 51.2 Å². The predicted molar refractivity (Wildman–Crippen MR) is 111 cm³/mol. The Morgan fingerprint density at radius 3 is 2.57 bits per heavy atom. The molecule has 0 aromatic carbocycles. The molecular weight excluding hydrogens is 392 g/mol. The van der Waals surface area contributed by atoms with Gasteiger partial charge in [-0.1, -0.05) is 0 Å². The summed E-state index contributed by atoms with van der Waals surface area (Å²) in [7, 11) is 0. The van der Waals surface area contributed by atoms with Crippen LogP contribution >= 0.6 is 0 Å². The molecule has 11 heteroatoms. The van der Waals surface area contributed by atoms with Gasteiger partial charge in [0.25, 0.3) is 11.8 Å². The zero-order valence-electron chi connectivity index (χ0n) is 17.5. The second-order valence-corrected chi connectivity index (χ2v) is 8.05. The monoisotopic (exact) mass is 427 g/mol. The van der Waals surface area contributed by atoms with Gasteiger partial charge in [0.05, 0.1) is 18.7 Å². The van der Waals surface area contributed by atoms with Gasteiger partial charge in [0.1, 0.15) is 24.5 Å². The van der Waals surface area contributed by atoms with Crippen LogP contribution in [0.1, 0.15) is 45.4 Å². The second kappa shape index (κ2) is 11.3. The molecule has 0 fully saturated rings. The highest BCUT2D eigenvalue weighted by Gasteiger charge is 2.40. The number of ketones is 1. The lowest BCUT2D eigenvalue weighted by atomic mass is 10.1. The molecule has 0 aliphatic carbocycles. The summed E-state index contributed by atoms with van der Waals surface area (Å²) in [5.41, 5.74) is 11.3. The van der Waals surface area contributed by atoms with E-state index in [4.69, 9.17) is 16.6 Å². The number of hydrogen-bond donors (Lipinski definition) is 7. The summed E-state index contributed by atoms with van der Waals surface area (Å²) in [6.45, 7) is 2.94. The van der Waals surface area contributed by atoms with E-state index in [9.17, 15) is 19.8 Å². The van der Waals surface area contributed by atoms with Gasteiger partial charge in [0.2, 0.25) is 0 Å². The summed E-state index contributed by atoms with van der Waals surface area (Å²) in [6.07, 6.45) is 1.58. The first-order valence-corrected chi connectivity index (χ1v) is 10.5. The Hall–Kier alpha value is -2.08. The number of β-amino-alcohol motifs (C(OH)–C–C–N with tert-alkyl or cyclic N) is 1.